The number of ketones is 1. The van der Waals surface area contributed by atoms with Crippen LogP contribution < -0.4 is 15.0 Å². The van der Waals surface area contributed by atoms with Crippen molar-refractivity contribution < 1.29 is 14.3 Å². The molecule has 0 amide bonds. The fourth-order valence-corrected chi connectivity index (χ4v) is 4.97. The number of ether oxygens (including phenoxy) is 2. The van der Waals surface area contributed by atoms with Gasteiger partial charge in [-0.05, 0) is 31.8 Å². The molecule has 0 unspecified atom stereocenters. The van der Waals surface area contributed by atoms with E-state index in [2.05, 4.69) is 17.0 Å². The van der Waals surface area contributed by atoms with Crippen molar-refractivity contribution >= 4 is 16.6 Å². The van der Waals surface area contributed by atoms with Crippen molar-refractivity contribution in [3.05, 3.63) is 93.8 Å². The molecule has 0 fully saturated rings. The number of likely N-dealkylation sites (N-methyl/N-ethyl adjacent to an activating group) is 1. The minimum absolute atomic E-state index is 0.0834. The number of hydrogen-bond acceptors (Lipinski definition) is 5. The van der Waals surface area contributed by atoms with Gasteiger partial charge in [0.25, 0.3) is 5.56 Å². The molecule has 1 heterocycles. The van der Waals surface area contributed by atoms with Gasteiger partial charge < -0.3 is 18.9 Å². The van der Waals surface area contributed by atoms with E-state index in [4.69, 9.17) is 9.47 Å². The highest BCUT2D eigenvalue weighted by molar-refractivity contribution is 6.27. The Bertz CT molecular complexity index is 1470. The predicted octanol–water partition coefficient (Wildman–Crippen LogP) is 4.53. The molecule has 0 spiro atoms. The topological polar surface area (TPSA) is 60.8 Å². The van der Waals surface area contributed by atoms with Crippen LogP contribution in [0.25, 0.3) is 22.0 Å². The van der Waals surface area contributed by atoms with Gasteiger partial charge in [-0.1, -0.05) is 54.6 Å². The van der Waals surface area contributed by atoms with Gasteiger partial charge >= 0.3 is 0 Å². The van der Waals surface area contributed by atoms with Gasteiger partial charge in [0.05, 0.1) is 36.9 Å². The third-order valence-electron chi connectivity index (χ3n) is 6.60. The molecule has 1 atom stereocenters. The second-order valence-electron chi connectivity index (χ2n) is 8.63. The molecule has 1 aliphatic rings. The van der Waals surface area contributed by atoms with Crippen LogP contribution in [0.3, 0.4) is 0 Å². The van der Waals surface area contributed by atoms with Crippen LogP contribution in [-0.4, -0.2) is 43.6 Å². The summed E-state index contributed by atoms with van der Waals surface area (Å²) < 4.78 is 12.8. The molecule has 0 aliphatic heterocycles. The van der Waals surface area contributed by atoms with Gasteiger partial charge in [0, 0.05) is 23.1 Å². The summed E-state index contributed by atoms with van der Waals surface area (Å²) in [6.45, 7) is 0.371. The molecule has 5 rings (SSSR count). The van der Waals surface area contributed by atoms with Crippen molar-refractivity contribution in [1.29, 1.82) is 0 Å². The molecule has 6 heteroatoms. The van der Waals surface area contributed by atoms with Crippen LogP contribution in [0, 0.1) is 0 Å². The van der Waals surface area contributed by atoms with Crippen LogP contribution in [0.15, 0.2) is 71.5 Å². The Labute approximate surface area is 198 Å². The summed E-state index contributed by atoms with van der Waals surface area (Å²) >= 11 is 0. The zero-order chi connectivity index (χ0) is 24.0. The van der Waals surface area contributed by atoms with E-state index in [0.29, 0.717) is 45.6 Å². The molecule has 4 aromatic rings. The molecule has 34 heavy (non-hydrogen) atoms. The number of benzene rings is 3. The lowest BCUT2D eigenvalue weighted by atomic mass is 10.0. The summed E-state index contributed by atoms with van der Waals surface area (Å²) in [5.41, 5.74) is 3.45. The number of rotatable bonds is 6. The van der Waals surface area contributed by atoms with E-state index >= 15 is 0 Å². The molecule has 0 N–H and O–H groups in total. The maximum absolute atomic E-state index is 14.1. The van der Waals surface area contributed by atoms with Gasteiger partial charge in [0.2, 0.25) is 0 Å². The highest BCUT2D eigenvalue weighted by atomic mass is 16.5. The van der Waals surface area contributed by atoms with E-state index in [0.717, 1.165) is 11.1 Å². The average Bonchev–Trinajstić information content (AvgIpc) is 3.16. The minimum Gasteiger partial charge on any atom is -0.493 e. The molecule has 0 bridgehead atoms. The van der Waals surface area contributed by atoms with E-state index < -0.39 is 0 Å². The first-order chi connectivity index (χ1) is 16.5. The van der Waals surface area contributed by atoms with Crippen LogP contribution in [0.5, 0.6) is 11.5 Å². The van der Waals surface area contributed by atoms with Gasteiger partial charge in [-0.15, -0.1) is 0 Å². The number of nitrogens with zero attached hydrogens (tertiary/aromatic N) is 2. The number of carbonyl (C=O) groups is 1. The van der Waals surface area contributed by atoms with E-state index in [-0.39, 0.29) is 17.4 Å². The summed E-state index contributed by atoms with van der Waals surface area (Å²) in [6, 6.07) is 21.0. The lowest BCUT2D eigenvalue weighted by Gasteiger charge is -2.27. The number of aromatic nitrogens is 1. The number of fused-ring (bicyclic) bond motifs is 5. The Morgan fingerprint density at radius 3 is 2.18 bits per heavy atom. The van der Waals surface area contributed by atoms with Crippen LogP contribution in [0.2, 0.25) is 0 Å². The first-order valence-corrected chi connectivity index (χ1v) is 11.1. The highest BCUT2D eigenvalue weighted by Crippen LogP contribution is 2.43. The third-order valence-corrected chi connectivity index (χ3v) is 6.60. The van der Waals surface area contributed by atoms with Gasteiger partial charge in [-0.2, -0.15) is 0 Å². The number of carbonyl (C=O) groups excluding carboxylic acids is 1. The SMILES string of the molecule is COc1ccc2c3c(n(C[C@H](c4ccccc4)N(C)C)c(=O)c2c1OC)-c1ccccc1C3=O. The third kappa shape index (κ3) is 3.22. The molecular formula is C28H26N2O4. The Hall–Kier alpha value is -3.90. The number of methoxy groups -OCH3 is 2. The maximum atomic E-state index is 14.1. The fraction of sp³-hybridized carbons (Fsp3) is 0.214. The Morgan fingerprint density at radius 2 is 1.53 bits per heavy atom. The van der Waals surface area contributed by atoms with Crippen molar-refractivity contribution in [3.8, 4) is 22.8 Å². The molecule has 1 aromatic heterocycles. The van der Waals surface area contributed by atoms with E-state index in [9.17, 15) is 9.59 Å². The standard InChI is InChI=1S/C28H26N2O4/c1-29(2)21(17-10-6-5-7-11-17)16-30-25-18-12-8-9-13-19(18)26(31)23(25)20-14-15-22(33-3)27(34-4)24(20)28(30)32/h5-15,21H,16H2,1-4H3/t21-/m1/s1. The lowest BCUT2D eigenvalue weighted by molar-refractivity contribution is 0.104. The second kappa shape index (κ2) is 8.47. The lowest BCUT2D eigenvalue weighted by Crippen LogP contribution is -2.31. The average molecular weight is 455 g/mol. The van der Waals surface area contributed by atoms with E-state index in [1.165, 1.54) is 14.2 Å². The summed E-state index contributed by atoms with van der Waals surface area (Å²) in [5, 5.41) is 0.934. The largest absolute Gasteiger partial charge is 0.493 e. The Morgan fingerprint density at radius 1 is 0.853 bits per heavy atom. The zero-order valence-electron chi connectivity index (χ0n) is 19.7. The molecular weight excluding hydrogens is 428 g/mol. The zero-order valence-corrected chi connectivity index (χ0v) is 19.7. The maximum Gasteiger partial charge on any atom is 0.262 e. The molecule has 1 aliphatic carbocycles. The molecule has 6 nitrogen and oxygen atoms in total. The summed E-state index contributed by atoms with van der Waals surface area (Å²) in [6.07, 6.45) is 0. The van der Waals surface area contributed by atoms with Gasteiger partial charge in [-0.25, -0.2) is 0 Å². The van der Waals surface area contributed by atoms with Crippen LogP contribution in [-0.2, 0) is 6.54 Å². The normalized spacial score (nSPS) is 13.1. The molecule has 0 radical (unpaired) electrons. The number of hydrogen-bond donors (Lipinski definition) is 0. The smallest absolute Gasteiger partial charge is 0.262 e. The first-order valence-electron chi connectivity index (χ1n) is 11.1. The Kier molecular flexibility index (Phi) is 5.46. The molecule has 0 saturated heterocycles. The van der Waals surface area contributed by atoms with Crippen molar-refractivity contribution in [2.75, 3.05) is 28.3 Å². The van der Waals surface area contributed by atoms with Gasteiger partial charge in [-0.3, -0.25) is 9.59 Å². The van der Waals surface area contributed by atoms with Crippen molar-refractivity contribution in [1.82, 2.24) is 9.47 Å². The van der Waals surface area contributed by atoms with Crippen molar-refractivity contribution in [3.63, 3.8) is 0 Å². The van der Waals surface area contributed by atoms with Crippen LogP contribution in [0.4, 0.5) is 0 Å². The molecule has 172 valence electrons. The van der Waals surface area contributed by atoms with Crippen LogP contribution >= 0.6 is 0 Å². The van der Waals surface area contributed by atoms with Crippen LogP contribution in [0.1, 0.15) is 27.5 Å². The second-order valence-corrected chi connectivity index (χ2v) is 8.63. The van der Waals surface area contributed by atoms with Gasteiger partial charge in [0.15, 0.2) is 17.3 Å². The molecule has 3 aromatic carbocycles. The van der Waals surface area contributed by atoms with E-state index in [1.54, 1.807) is 16.7 Å². The van der Waals surface area contributed by atoms with Crippen molar-refractivity contribution in [2.45, 2.75) is 12.6 Å². The minimum atomic E-state index is -0.211. The predicted molar refractivity (Wildman–Crippen MR) is 133 cm³/mol. The number of pyridine rings is 1. The first kappa shape index (κ1) is 21.9. The quantitative estimate of drug-likeness (QED) is 0.377. The summed E-state index contributed by atoms with van der Waals surface area (Å²) in [7, 11) is 7.03. The van der Waals surface area contributed by atoms with E-state index in [1.807, 2.05) is 56.6 Å². The van der Waals surface area contributed by atoms with Gasteiger partial charge in [0.1, 0.15) is 0 Å². The summed E-state index contributed by atoms with van der Waals surface area (Å²) in [4.78, 5) is 29.8. The van der Waals surface area contributed by atoms with Crippen molar-refractivity contribution in [2.24, 2.45) is 0 Å². The highest BCUT2D eigenvalue weighted by Gasteiger charge is 2.34. The summed E-state index contributed by atoms with van der Waals surface area (Å²) in [5.74, 6) is 0.706. The fourth-order valence-electron chi connectivity index (χ4n) is 4.97. The molecule has 0 saturated carbocycles. The monoisotopic (exact) mass is 454 g/mol. The Balaban J connectivity index is 1.87.